The maximum atomic E-state index is 13.0. The Labute approximate surface area is 140 Å². The molecule has 4 nitrogen and oxygen atoms in total. The molecule has 24 heavy (non-hydrogen) atoms. The molecule has 0 spiro atoms. The molecule has 0 aromatic carbocycles. The highest BCUT2D eigenvalue weighted by atomic mass is 19.4. The van der Waals surface area contributed by atoms with Gasteiger partial charge in [-0.1, -0.05) is 6.42 Å². The first-order valence-corrected chi connectivity index (χ1v) is 8.71. The van der Waals surface area contributed by atoms with E-state index in [-0.39, 0.29) is 24.8 Å². The third-order valence-electron chi connectivity index (χ3n) is 5.31. The van der Waals surface area contributed by atoms with Gasteiger partial charge in [0.15, 0.2) is 0 Å². The number of aryl methyl sites for hydroxylation is 1. The molecule has 2 fully saturated rings. The highest BCUT2D eigenvalue weighted by Crippen LogP contribution is 2.41. The first-order valence-electron chi connectivity index (χ1n) is 8.71. The molecular weight excluding hydrogens is 319 g/mol. The Morgan fingerprint density at radius 2 is 2.08 bits per heavy atom. The number of alkyl halides is 3. The Morgan fingerprint density at radius 3 is 2.75 bits per heavy atom. The molecule has 3 rings (SSSR count). The maximum Gasteiger partial charge on any atom is 0.391 e. The Bertz CT molecular complexity index is 584. The fourth-order valence-corrected chi connectivity index (χ4v) is 4.04. The number of amides is 1. The zero-order valence-electron chi connectivity index (χ0n) is 13.9. The summed E-state index contributed by atoms with van der Waals surface area (Å²) in [5.74, 6) is -1.89. The lowest BCUT2D eigenvalue weighted by Gasteiger charge is -2.34. The van der Waals surface area contributed by atoms with Crippen molar-refractivity contribution in [2.45, 2.75) is 64.2 Å². The normalized spacial score (nSPS) is 28.3. The van der Waals surface area contributed by atoms with E-state index in [1.165, 1.54) is 0 Å². The first-order chi connectivity index (χ1) is 11.3. The smallest absolute Gasteiger partial charge is 0.338 e. The van der Waals surface area contributed by atoms with E-state index in [2.05, 4.69) is 5.10 Å². The van der Waals surface area contributed by atoms with E-state index in [9.17, 15) is 18.0 Å². The Hall–Kier alpha value is -1.53. The third kappa shape index (κ3) is 3.75. The van der Waals surface area contributed by atoms with Crippen LogP contribution in [0.15, 0.2) is 12.4 Å². The lowest BCUT2D eigenvalue weighted by Crippen LogP contribution is -2.44. The number of hydrogen-bond acceptors (Lipinski definition) is 2. The predicted molar refractivity (Wildman–Crippen MR) is 83.2 cm³/mol. The van der Waals surface area contributed by atoms with Gasteiger partial charge in [-0.3, -0.25) is 9.48 Å². The van der Waals surface area contributed by atoms with Gasteiger partial charge in [-0.15, -0.1) is 0 Å². The second kappa shape index (κ2) is 6.76. The van der Waals surface area contributed by atoms with Crippen molar-refractivity contribution in [3.8, 4) is 0 Å². The summed E-state index contributed by atoms with van der Waals surface area (Å²) >= 11 is 0. The van der Waals surface area contributed by atoms with Gasteiger partial charge in [-0.05, 0) is 44.6 Å². The average molecular weight is 343 g/mol. The van der Waals surface area contributed by atoms with Crippen LogP contribution in [0.25, 0.3) is 0 Å². The molecule has 3 atom stereocenters. The molecule has 2 aliphatic rings. The van der Waals surface area contributed by atoms with Crippen LogP contribution in [0.4, 0.5) is 13.2 Å². The molecule has 1 saturated heterocycles. The zero-order chi connectivity index (χ0) is 17.3. The van der Waals surface area contributed by atoms with Gasteiger partial charge in [0.25, 0.3) is 0 Å². The molecule has 134 valence electrons. The summed E-state index contributed by atoms with van der Waals surface area (Å²) in [4.78, 5) is 14.6. The van der Waals surface area contributed by atoms with E-state index in [1.54, 1.807) is 11.1 Å². The minimum atomic E-state index is -4.18. The zero-order valence-corrected chi connectivity index (χ0v) is 13.9. The van der Waals surface area contributed by atoms with Crippen LogP contribution in [0.3, 0.4) is 0 Å². The Kier molecular flexibility index (Phi) is 4.88. The average Bonchev–Trinajstić information content (AvgIpc) is 3.15. The lowest BCUT2D eigenvalue weighted by atomic mass is 9.80. The van der Waals surface area contributed by atoms with Crippen LogP contribution < -0.4 is 0 Å². The van der Waals surface area contributed by atoms with Crippen molar-refractivity contribution in [3.05, 3.63) is 18.0 Å². The summed E-state index contributed by atoms with van der Waals surface area (Å²) in [7, 11) is 0. The second-order valence-electron chi connectivity index (χ2n) is 7.17. The number of halogens is 3. The highest BCUT2D eigenvalue weighted by Gasteiger charge is 2.45. The van der Waals surface area contributed by atoms with E-state index in [4.69, 9.17) is 0 Å². The van der Waals surface area contributed by atoms with Crippen molar-refractivity contribution in [1.29, 1.82) is 0 Å². The number of likely N-dealkylation sites (tertiary alicyclic amines) is 1. The predicted octanol–water partition coefficient (Wildman–Crippen LogP) is 3.55. The van der Waals surface area contributed by atoms with Crippen molar-refractivity contribution in [3.63, 3.8) is 0 Å². The quantitative estimate of drug-likeness (QED) is 0.842. The molecule has 0 unspecified atom stereocenters. The van der Waals surface area contributed by atoms with Gasteiger partial charge in [-0.25, -0.2) is 0 Å². The molecule has 7 heteroatoms. The molecule has 0 N–H and O–H groups in total. The van der Waals surface area contributed by atoms with Gasteiger partial charge in [0.05, 0.1) is 24.7 Å². The van der Waals surface area contributed by atoms with Crippen molar-refractivity contribution in [2.24, 2.45) is 11.8 Å². The number of hydrogen-bond donors (Lipinski definition) is 0. The van der Waals surface area contributed by atoms with Crippen molar-refractivity contribution >= 4 is 5.91 Å². The Morgan fingerprint density at radius 1 is 1.29 bits per heavy atom. The molecule has 0 bridgehead atoms. The van der Waals surface area contributed by atoms with Crippen LogP contribution in [0.1, 0.15) is 44.1 Å². The lowest BCUT2D eigenvalue weighted by molar-refractivity contribution is -0.187. The Balaban J connectivity index is 1.64. The van der Waals surface area contributed by atoms with Crippen LogP contribution in [-0.4, -0.2) is 39.4 Å². The molecule has 1 amide bonds. The summed E-state index contributed by atoms with van der Waals surface area (Å²) in [6.07, 6.45) is 2.49. The van der Waals surface area contributed by atoms with Crippen LogP contribution in [-0.2, 0) is 11.3 Å². The first kappa shape index (κ1) is 17.3. The summed E-state index contributed by atoms with van der Waals surface area (Å²) in [5, 5.41) is 4.26. The fourth-order valence-electron chi connectivity index (χ4n) is 4.04. The SMILES string of the molecule is Cc1cnn(C[C@@H]2CCCN2C(=O)[C@H]2CCC[C@@H](C(F)(F)F)C2)c1. The van der Waals surface area contributed by atoms with Crippen LogP contribution in [0, 0.1) is 18.8 Å². The van der Waals surface area contributed by atoms with Crippen LogP contribution in [0.5, 0.6) is 0 Å². The largest absolute Gasteiger partial charge is 0.391 e. The van der Waals surface area contributed by atoms with Crippen LogP contribution in [0.2, 0.25) is 0 Å². The summed E-state index contributed by atoms with van der Waals surface area (Å²) in [6, 6.07) is 0.0445. The van der Waals surface area contributed by atoms with Gasteiger partial charge in [0, 0.05) is 18.7 Å². The number of aromatic nitrogens is 2. The summed E-state index contributed by atoms with van der Waals surface area (Å²) in [6.45, 7) is 3.23. The molecule has 1 aliphatic carbocycles. The molecule has 1 aromatic rings. The number of carbonyl (C=O) groups excluding carboxylic acids is 1. The maximum absolute atomic E-state index is 13.0. The second-order valence-corrected chi connectivity index (χ2v) is 7.17. The van der Waals surface area contributed by atoms with Gasteiger partial charge >= 0.3 is 6.18 Å². The standard InChI is InChI=1S/C17H24F3N3O/c1-12-9-21-22(10-12)11-15-6-3-7-23(15)16(24)13-4-2-5-14(8-13)17(18,19)20/h9-10,13-15H,2-8,11H2,1H3/t13-,14+,15-/m0/s1. The minimum Gasteiger partial charge on any atom is -0.338 e. The number of nitrogens with zero attached hydrogens (tertiary/aromatic N) is 3. The van der Waals surface area contributed by atoms with Crippen LogP contribution >= 0.6 is 0 Å². The molecule has 2 heterocycles. The summed E-state index contributed by atoms with van der Waals surface area (Å²) < 4.78 is 40.8. The van der Waals surface area contributed by atoms with Crippen molar-refractivity contribution in [2.75, 3.05) is 6.54 Å². The minimum absolute atomic E-state index is 0.0445. The molecule has 0 radical (unpaired) electrons. The topological polar surface area (TPSA) is 38.1 Å². The molecule has 1 aliphatic heterocycles. The van der Waals surface area contributed by atoms with Gasteiger partial charge in [-0.2, -0.15) is 18.3 Å². The molecule has 1 aromatic heterocycles. The van der Waals surface area contributed by atoms with E-state index >= 15 is 0 Å². The molecular formula is C17H24F3N3O. The van der Waals surface area contributed by atoms with E-state index in [1.807, 2.05) is 17.8 Å². The highest BCUT2D eigenvalue weighted by molar-refractivity contribution is 5.79. The van der Waals surface area contributed by atoms with Crippen molar-refractivity contribution in [1.82, 2.24) is 14.7 Å². The van der Waals surface area contributed by atoms with Gasteiger partial charge < -0.3 is 4.90 Å². The van der Waals surface area contributed by atoms with E-state index in [0.717, 1.165) is 18.4 Å². The fraction of sp³-hybridized carbons (Fsp3) is 0.765. The van der Waals surface area contributed by atoms with Gasteiger partial charge in [0.1, 0.15) is 0 Å². The third-order valence-corrected chi connectivity index (χ3v) is 5.31. The van der Waals surface area contributed by atoms with Gasteiger partial charge in [0.2, 0.25) is 5.91 Å². The van der Waals surface area contributed by atoms with Crippen molar-refractivity contribution < 1.29 is 18.0 Å². The summed E-state index contributed by atoms with van der Waals surface area (Å²) in [5.41, 5.74) is 1.06. The van der Waals surface area contributed by atoms with E-state index in [0.29, 0.717) is 25.9 Å². The number of carbonyl (C=O) groups is 1. The molecule has 1 saturated carbocycles. The monoisotopic (exact) mass is 343 g/mol. The number of rotatable bonds is 3. The van der Waals surface area contributed by atoms with E-state index < -0.39 is 18.0 Å².